The number of rotatable bonds is 10. The lowest BCUT2D eigenvalue weighted by Gasteiger charge is -2.07. The summed E-state index contributed by atoms with van der Waals surface area (Å²) < 4.78 is 10.9. The van der Waals surface area contributed by atoms with E-state index in [2.05, 4.69) is 29.6 Å². The Morgan fingerprint density at radius 2 is 1.69 bits per heavy atom. The van der Waals surface area contributed by atoms with Crippen molar-refractivity contribution in [3.8, 4) is 5.75 Å². The van der Waals surface area contributed by atoms with E-state index >= 15 is 0 Å². The Bertz CT molecular complexity index is 858. The third kappa shape index (κ3) is 5.74. The summed E-state index contributed by atoms with van der Waals surface area (Å²) in [5, 5.41) is 4.38. The lowest BCUT2D eigenvalue weighted by Crippen LogP contribution is -2.14. The zero-order valence-electron chi connectivity index (χ0n) is 14.9. The van der Waals surface area contributed by atoms with Gasteiger partial charge in [0, 0.05) is 24.1 Å². The van der Waals surface area contributed by atoms with Gasteiger partial charge in [0.2, 0.25) is 0 Å². The highest BCUT2D eigenvalue weighted by Gasteiger charge is 2.00. The Kier molecular flexibility index (Phi) is 6.85. The Hall–Kier alpha value is -2.59. The van der Waals surface area contributed by atoms with E-state index in [-0.39, 0.29) is 5.63 Å². The molecule has 0 saturated carbocycles. The molecule has 136 valence electrons. The Labute approximate surface area is 153 Å². The van der Waals surface area contributed by atoms with Crippen LogP contribution in [0.2, 0.25) is 0 Å². The van der Waals surface area contributed by atoms with E-state index in [0.717, 1.165) is 37.1 Å². The van der Waals surface area contributed by atoms with Crippen LogP contribution in [0.3, 0.4) is 0 Å². The molecule has 0 saturated heterocycles. The highest BCUT2D eigenvalue weighted by molar-refractivity contribution is 5.77. The lowest BCUT2D eigenvalue weighted by molar-refractivity contribution is 0.304. The van der Waals surface area contributed by atoms with Crippen molar-refractivity contribution in [2.24, 2.45) is 0 Å². The third-order valence-electron chi connectivity index (χ3n) is 4.28. The van der Waals surface area contributed by atoms with Crippen LogP contribution >= 0.6 is 0 Å². The van der Waals surface area contributed by atoms with Crippen molar-refractivity contribution < 1.29 is 9.15 Å². The summed E-state index contributed by atoms with van der Waals surface area (Å²) in [5.41, 5.74) is 1.56. The molecule has 0 radical (unpaired) electrons. The molecule has 3 aromatic rings. The van der Waals surface area contributed by atoms with Crippen LogP contribution in [0, 0.1) is 0 Å². The molecule has 26 heavy (non-hydrogen) atoms. The highest BCUT2D eigenvalue weighted by atomic mass is 16.5. The van der Waals surface area contributed by atoms with E-state index in [1.807, 2.05) is 18.2 Å². The van der Waals surface area contributed by atoms with Crippen molar-refractivity contribution in [2.75, 3.05) is 13.2 Å². The standard InChI is InChI=1S/C22H25NO3/c24-22-13-11-19-10-12-20(16-21(19)26-22)25-15-7-2-1-6-14-23-17-18-8-4-3-5-9-18/h3-5,8-13,16,23H,1-2,6-7,14-15,17H2. The van der Waals surface area contributed by atoms with Crippen LogP contribution in [0.25, 0.3) is 11.0 Å². The van der Waals surface area contributed by atoms with Crippen molar-refractivity contribution in [3.05, 3.63) is 76.6 Å². The van der Waals surface area contributed by atoms with Gasteiger partial charge < -0.3 is 14.5 Å². The van der Waals surface area contributed by atoms with Gasteiger partial charge in [-0.15, -0.1) is 0 Å². The van der Waals surface area contributed by atoms with Gasteiger partial charge in [-0.2, -0.15) is 0 Å². The first-order valence-electron chi connectivity index (χ1n) is 9.23. The molecule has 4 nitrogen and oxygen atoms in total. The molecule has 0 bridgehead atoms. The van der Waals surface area contributed by atoms with Crippen LogP contribution in [0.1, 0.15) is 31.2 Å². The molecule has 0 aliphatic rings. The van der Waals surface area contributed by atoms with E-state index < -0.39 is 0 Å². The second-order valence-electron chi connectivity index (χ2n) is 6.38. The van der Waals surface area contributed by atoms with Gasteiger partial charge in [0.15, 0.2) is 0 Å². The minimum absolute atomic E-state index is 0.337. The Balaban J connectivity index is 1.27. The minimum Gasteiger partial charge on any atom is -0.493 e. The van der Waals surface area contributed by atoms with Crippen molar-refractivity contribution in [3.63, 3.8) is 0 Å². The zero-order chi connectivity index (χ0) is 18.0. The van der Waals surface area contributed by atoms with Crippen molar-refractivity contribution in [1.82, 2.24) is 5.32 Å². The number of hydrogen-bond donors (Lipinski definition) is 1. The fourth-order valence-electron chi connectivity index (χ4n) is 2.85. The number of hydrogen-bond acceptors (Lipinski definition) is 4. The first-order chi connectivity index (χ1) is 12.8. The molecule has 1 aromatic heterocycles. The molecule has 0 unspecified atom stereocenters. The highest BCUT2D eigenvalue weighted by Crippen LogP contribution is 2.19. The average Bonchev–Trinajstić information content (AvgIpc) is 2.67. The second-order valence-corrected chi connectivity index (χ2v) is 6.38. The summed E-state index contributed by atoms with van der Waals surface area (Å²) >= 11 is 0. The van der Waals surface area contributed by atoms with Gasteiger partial charge in [0.25, 0.3) is 0 Å². The second kappa shape index (κ2) is 9.78. The maximum Gasteiger partial charge on any atom is 0.336 e. The van der Waals surface area contributed by atoms with E-state index in [0.29, 0.717) is 12.2 Å². The molecular weight excluding hydrogens is 326 g/mol. The molecule has 1 heterocycles. The minimum atomic E-state index is -0.337. The Morgan fingerprint density at radius 1 is 0.885 bits per heavy atom. The maximum absolute atomic E-state index is 11.3. The van der Waals surface area contributed by atoms with Crippen LogP contribution in [0.15, 0.2) is 69.9 Å². The quantitative estimate of drug-likeness (QED) is 0.431. The van der Waals surface area contributed by atoms with E-state index in [9.17, 15) is 4.79 Å². The molecule has 0 amide bonds. The van der Waals surface area contributed by atoms with Gasteiger partial charge >= 0.3 is 5.63 Å². The number of fused-ring (bicyclic) bond motifs is 1. The van der Waals surface area contributed by atoms with Crippen molar-refractivity contribution in [2.45, 2.75) is 32.2 Å². The van der Waals surface area contributed by atoms with Gasteiger partial charge in [-0.1, -0.05) is 43.2 Å². The SMILES string of the molecule is O=c1ccc2ccc(OCCCCCCNCc3ccccc3)cc2o1. The van der Waals surface area contributed by atoms with Gasteiger partial charge in [0.1, 0.15) is 11.3 Å². The number of benzene rings is 2. The molecule has 3 rings (SSSR count). The Morgan fingerprint density at radius 3 is 2.58 bits per heavy atom. The molecule has 0 spiro atoms. The predicted octanol–water partition coefficient (Wildman–Crippen LogP) is 4.52. The topological polar surface area (TPSA) is 51.5 Å². The molecule has 0 aliphatic heterocycles. The number of ether oxygens (including phenoxy) is 1. The fraction of sp³-hybridized carbons (Fsp3) is 0.318. The van der Waals surface area contributed by atoms with Crippen molar-refractivity contribution in [1.29, 1.82) is 0 Å². The molecule has 4 heteroatoms. The van der Waals surface area contributed by atoms with Crippen LogP contribution in [0.4, 0.5) is 0 Å². The van der Waals surface area contributed by atoms with Gasteiger partial charge in [0.05, 0.1) is 6.61 Å². The predicted molar refractivity (Wildman–Crippen MR) is 105 cm³/mol. The number of unbranched alkanes of at least 4 members (excludes halogenated alkanes) is 3. The molecule has 0 atom stereocenters. The summed E-state index contributed by atoms with van der Waals surface area (Å²) in [6.45, 7) is 2.65. The molecule has 0 fully saturated rings. The monoisotopic (exact) mass is 351 g/mol. The van der Waals surface area contributed by atoms with Gasteiger partial charge in [-0.05, 0) is 43.1 Å². The van der Waals surface area contributed by atoms with E-state index in [1.54, 1.807) is 12.1 Å². The first-order valence-corrected chi connectivity index (χ1v) is 9.23. The van der Waals surface area contributed by atoms with Crippen molar-refractivity contribution >= 4 is 11.0 Å². The van der Waals surface area contributed by atoms with Crippen LogP contribution in [-0.2, 0) is 6.54 Å². The van der Waals surface area contributed by atoms with E-state index in [1.165, 1.54) is 24.5 Å². The summed E-state index contributed by atoms with van der Waals surface area (Å²) in [6.07, 6.45) is 4.54. The van der Waals surface area contributed by atoms with E-state index in [4.69, 9.17) is 9.15 Å². The molecule has 0 aliphatic carbocycles. The van der Waals surface area contributed by atoms with Gasteiger partial charge in [-0.3, -0.25) is 0 Å². The summed E-state index contributed by atoms with van der Waals surface area (Å²) in [4.78, 5) is 11.3. The zero-order valence-corrected chi connectivity index (χ0v) is 14.9. The maximum atomic E-state index is 11.3. The van der Waals surface area contributed by atoms with Crippen LogP contribution < -0.4 is 15.7 Å². The summed E-state index contributed by atoms with van der Waals surface area (Å²) in [7, 11) is 0. The number of nitrogens with one attached hydrogen (secondary N) is 1. The fourth-order valence-corrected chi connectivity index (χ4v) is 2.85. The lowest BCUT2D eigenvalue weighted by atomic mass is 10.2. The normalized spacial score (nSPS) is 10.9. The van der Waals surface area contributed by atoms with Crippen LogP contribution in [-0.4, -0.2) is 13.2 Å². The van der Waals surface area contributed by atoms with Crippen LogP contribution in [0.5, 0.6) is 5.75 Å². The third-order valence-corrected chi connectivity index (χ3v) is 4.28. The average molecular weight is 351 g/mol. The first kappa shape index (κ1) is 18.2. The molecule has 2 aromatic carbocycles. The molecule has 1 N–H and O–H groups in total. The summed E-state index contributed by atoms with van der Waals surface area (Å²) in [6, 6.07) is 19.3. The summed E-state index contributed by atoms with van der Waals surface area (Å²) in [5.74, 6) is 0.747. The largest absolute Gasteiger partial charge is 0.493 e. The van der Waals surface area contributed by atoms with Gasteiger partial charge in [-0.25, -0.2) is 4.79 Å². The molecular formula is C22H25NO3. The smallest absolute Gasteiger partial charge is 0.336 e.